The molecule has 0 aromatic heterocycles. The van der Waals surface area contributed by atoms with Gasteiger partial charge in [0.05, 0.1) is 16.9 Å². The molecule has 2 rings (SSSR count). The molecule has 1 aliphatic heterocycles. The Balaban J connectivity index is 2.49. The number of hydrogen-bond donors (Lipinski definition) is 1. The number of hydrogen-bond acceptors (Lipinski definition) is 2. The van der Waals surface area contributed by atoms with Crippen LogP contribution in [0.2, 0.25) is 0 Å². The van der Waals surface area contributed by atoms with Crippen LogP contribution in [0.4, 0.5) is 24.5 Å². The summed E-state index contributed by atoms with van der Waals surface area (Å²) in [7, 11) is 0. The van der Waals surface area contributed by atoms with Gasteiger partial charge in [0.25, 0.3) is 0 Å². The third-order valence-electron chi connectivity index (χ3n) is 2.85. The number of benzene rings is 1. The number of carbonyl (C=O) groups is 1. The summed E-state index contributed by atoms with van der Waals surface area (Å²) in [6, 6.07) is 3.40. The predicted molar refractivity (Wildman–Crippen MR) is 62.6 cm³/mol. The largest absolute Gasteiger partial charge is 0.416 e. The molecular weight excluding hydrogens is 245 g/mol. The molecule has 1 N–H and O–H groups in total. The number of amides is 1. The summed E-state index contributed by atoms with van der Waals surface area (Å²) in [5, 5.41) is 3.06. The Morgan fingerprint density at radius 3 is 2.67 bits per heavy atom. The number of nitrogens with one attached hydrogen (secondary N) is 1. The third-order valence-corrected chi connectivity index (χ3v) is 2.85. The fraction of sp³-hybridized carbons (Fsp3) is 0.417. The van der Waals surface area contributed by atoms with E-state index in [0.717, 1.165) is 12.1 Å². The second kappa shape index (κ2) is 4.19. The van der Waals surface area contributed by atoms with E-state index in [-0.39, 0.29) is 17.6 Å². The summed E-state index contributed by atoms with van der Waals surface area (Å²) < 4.78 is 37.9. The fourth-order valence-corrected chi connectivity index (χ4v) is 2.03. The van der Waals surface area contributed by atoms with Crippen molar-refractivity contribution in [3.05, 3.63) is 23.8 Å². The smallest absolute Gasteiger partial charge is 0.379 e. The van der Waals surface area contributed by atoms with Gasteiger partial charge in [-0.15, -0.1) is 0 Å². The quantitative estimate of drug-likeness (QED) is 0.776. The van der Waals surface area contributed by atoms with Crippen molar-refractivity contribution in [2.24, 2.45) is 0 Å². The lowest BCUT2D eigenvalue weighted by Gasteiger charge is -2.34. The van der Waals surface area contributed by atoms with Crippen LogP contribution in [0.25, 0.3) is 0 Å². The summed E-state index contributed by atoms with van der Waals surface area (Å²) in [6.45, 7) is 3.59. The van der Waals surface area contributed by atoms with E-state index in [9.17, 15) is 18.0 Å². The molecule has 0 saturated heterocycles. The molecule has 0 saturated carbocycles. The maximum absolute atomic E-state index is 12.6. The van der Waals surface area contributed by atoms with Gasteiger partial charge in [-0.2, -0.15) is 13.2 Å². The first-order valence-corrected chi connectivity index (χ1v) is 5.55. The second-order valence-corrected chi connectivity index (χ2v) is 4.40. The number of fused-ring (bicyclic) bond motifs is 1. The van der Waals surface area contributed by atoms with Crippen molar-refractivity contribution >= 4 is 17.3 Å². The Morgan fingerprint density at radius 1 is 1.44 bits per heavy atom. The monoisotopic (exact) mass is 258 g/mol. The molecule has 1 heterocycles. The average molecular weight is 258 g/mol. The lowest BCUT2D eigenvalue weighted by Crippen LogP contribution is -2.42. The summed E-state index contributed by atoms with van der Waals surface area (Å²) in [4.78, 5) is 12.9. The zero-order valence-corrected chi connectivity index (χ0v) is 10.0. The molecule has 1 aromatic rings. The molecule has 1 atom stereocenters. The van der Waals surface area contributed by atoms with E-state index in [2.05, 4.69) is 5.32 Å². The molecule has 3 nitrogen and oxygen atoms in total. The molecule has 98 valence electrons. The number of halogens is 3. The van der Waals surface area contributed by atoms with E-state index in [1.807, 2.05) is 6.92 Å². The number of nitrogens with zero attached hydrogens (tertiary/aromatic N) is 1. The van der Waals surface area contributed by atoms with Crippen molar-refractivity contribution in [2.45, 2.75) is 26.1 Å². The van der Waals surface area contributed by atoms with Gasteiger partial charge < -0.3 is 10.2 Å². The van der Waals surface area contributed by atoms with Gasteiger partial charge >= 0.3 is 6.18 Å². The summed E-state index contributed by atoms with van der Waals surface area (Å²) in [5.74, 6) is -0.260. The predicted octanol–water partition coefficient (Wildman–Crippen LogP) is 2.87. The lowest BCUT2D eigenvalue weighted by molar-refractivity contribution is -0.137. The highest BCUT2D eigenvalue weighted by atomic mass is 19.4. The lowest BCUT2D eigenvalue weighted by atomic mass is 10.1. The van der Waals surface area contributed by atoms with E-state index in [1.54, 1.807) is 0 Å². The first-order valence-electron chi connectivity index (χ1n) is 5.55. The van der Waals surface area contributed by atoms with E-state index in [0.29, 0.717) is 12.2 Å². The SMILES string of the molecule is CC(=O)N1C[C@H](C)Nc2ccc(C(F)(F)F)cc21. The Bertz CT molecular complexity index is 485. The average Bonchev–Trinajstić information content (AvgIpc) is 2.25. The molecule has 0 fully saturated rings. The molecule has 1 amide bonds. The number of alkyl halides is 3. The van der Waals surface area contributed by atoms with Crippen LogP contribution in [0.1, 0.15) is 19.4 Å². The van der Waals surface area contributed by atoms with Gasteiger partial charge in [0.15, 0.2) is 0 Å². The molecule has 1 aromatic carbocycles. The first kappa shape index (κ1) is 12.7. The van der Waals surface area contributed by atoms with Crippen molar-refractivity contribution in [1.29, 1.82) is 0 Å². The van der Waals surface area contributed by atoms with E-state index < -0.39 is 11.7 Å². The molecule has 0 bridgehead atoms. The van der Waals surface area contributed by atoms with E-state index in [4.69, 9.17) is 0 Å². The molecule has 0 radical (unpaired) electrons. The third kappa shape index (κ3) is 2.27. The summed E-state index contributed by atoms with van der Waals surface area (Å²) >= 11 is 0. The van der Waals surface area contributed by atoms with Crippen LogP contribution in [0.5, 0.6) is 0 Å². The molecule has 0 unspecified atom stereocenters. The molecular formula is C12H13F3N2O. The Kier molecular flexibility index (Phi) is 2.96. The van der Waals surface area contributed by atoms with Crippen LogP contribution in [0, 0.1) is 0 Å². The van der Waals surface area contributed by atoms with Crippen molar-refractivity contribution in [1.82, 2.24) is 0 Å². The van der Waals surface area contributed by atoms with E-state index in [1.165, 1.54) is 17.9 Å². The summed E-state index contributed by atoms with van der Waals surface area (Å²) in [6.07, 6.45) is -4.40. The highest BCUT2D eigenvalue weighted by molar-refractivity contribution is 5.96. The maximum Gasteiger partial charge on any atom is 0.416 e. The standard InChI is InChI=1S/C12H13F3N2O/c1-7-6-17(8(2)18)11-5-9(12(13,14)15)3-4-10(11)16-7/h3-5,7,16H,6H2,1-2H3/t7-/m0/s1. The Hall–Kier alpha value is -1.72. The van der Waals surface area contributed by atoms with E-state index >= 15 is 0 Å². The van der Waals surface area contributed by atoms with Crippen LogP contribution >= 0.6 is 0 Å². The highest BCUT2D eigenvalue weighted by Gasteiger charge is 2.33. The van der Waals surface area contributed by atoms with Gasteiger partial charge in [-0.25, -0.2) is 0 Å². The van der Waals surface area contributed by atoms with Gasteiger partial charge in [-0.3, -0.25) is 4.79 Å². The van der Waals surface area contributed by atoms with Crippen molar-refractivity contribution in [3.8, 4) is 0 Å². The van der Waals surface area contributed by atoms with Crippen LogP contribution in [-0.2, 0) is 11.0 Å². The van der Waals surface area contributed by atoms with Crippen LogP contribution in [0.3, 0.4) is 0 Å². The van der Waals surface area contributed by atoms with Crippen molar-refractivity contribution in [3.63, 3.8) is 0 Å². The van der Waals surface area contributed by atoms with Crippen molar-refractivity contribution < 1.29 is 18.0 Å². The molecule has 0 aliphatic carbocycles. The summed E-state index contributed by atoms with van der Waals surface area (Å²) in [5.41, 5.74) is 0.0937. The Morgan fingerprint density at radius 2 is 2.11 bits per heavy atom. The molecule has 6 heteroatoms. The minimum absolute atomic E-state index is 0.0122. The van der Waals surface area contributed by atoms with Crippen LogP contribution in [-0.4, -0.2) is 18.5 Å². The molecule has 1 aliphatic rings. The molecule has 18 heavy (non-hydrogen) atoms. The minimum Gasteiger partial charge on any atom is -0.379 e. The topological polar surface area (TPSA) is 32.3 Å². The van der Waals surface area contributed by atoms with Gasteiger partial charge in [0.1, 0.15) is 0 Å². The first-order chi connectivity index (χ1) is 8.29. The maximum atomic E-state index is 12.6. The van der Waals surface area contributed by atoms with Gasteiger partial charge in [0.2, 0.25) is 5.91 Å². The zero-order valence-electron chi connectivity index (χ0n) is 10.0. The normalized spacial score (nSPS) is 19.2. The minimum atomic E-state index is -4.40. The Labute approximate surface area is 103 Å². The fourth-order valence-electron chi connectivity index (χ4n) is 2.03. The molecule has 0 spiro atoms. The number of anilines is 2. The van der Waals surface area contributed by atoms with Gasteiger partial charge in [-0.1, -0.05) is 0 Å². The van der Waals surface area contributed by atoms with Gasteiger partial charge in [-0.05, 0) is 25.1 Å². The number of rotatable bonds is 0. The van der Waals surface area contributed by atoms with Crippen LogP contribution < -0.4 is 10.2 Å². The number of carbonyl (C=O) groups excluding carboxylic acids is 1. The highest BCUT2D eigenvalue weighted by Crippen LogP contribution is 2.37. The van der Waals surface area contributed by atoms with Crippen LogP contribution in [0.15, 0.2) is 18.2 Å². The van der Waals surface area contributed by atoms with Crippen molar-refractivity contribution in [2.75, 3.05) is 16.8 Å². The zero-order chi connectivity index (χ0) is 13.5. The van der Waals surface area contributed by atoms with Gasteiger partial charge in [0, 0.05) is 19.5 Å². The second-order valence-electron chi connectivity index (χ2n) is 4.40.